The molecule has 0 fully saturated rings. The molecule has 0 amide bonds. The quantitative estimate of drug-likeness (QED) is 0.749. The number of aromatic amines is 1. The average molecular weight is 241 g/mol. The van der Waals surface area contributed by atoms with Crippen molar-refractivity contribution in [2.45, 2.75) is 37.8 Å². The van der Waals surface area contributed by atoms with Gasteiger partial charge in [0.2, 0.25) is 0 Å². The maximum Gasteiger partial charge on any atom is 0.258 e. The topological polar surface area (TPSA) is 74.8 Å². The van der Waals surface area contributed by atoms with E-state index in [0.29, 0.717) is 12.2 Å². The van der Waals surface area contributed by atoms with Gasteiger partial charge in [-0.3, -0.25) is 0 Å². The molecule has 1 aromatic heterocycles. The van der Waals surface area contributed by atoms with Crippen molar-refractivity contribution in [2.75, 3.05) is 0 Å². The molecule has 6 heteroatoms. The van der Waals surface area contributed by atoms with Crippen molar-refractivity contribution in [1.29, 1.82) is 0 Å². The van der Waals surface area contributed by atoms with Gasteiger partial charge < -0.3 is 4.98 Å². The van der Waals surface area contributed by atoms with Crippen molar-refractivity contribution in [3.63, 3.8) is 0 Å². The van der Waals surface area contributed by atoms with Gasteiger partial charge in [-0.15, -0.1) is 6.42 Å². The van der Waals surface area contributed by atoms with Gasteiger partial charge in [-0.05, 0) is 13.3 Å². The molecule has 88 valence electrons. The van der Waals surface area contributed by atoms with Gasteiger partial charge in [0.25, 0.3) is 10.0 Å². The summed E-state index contributed by atoms with van der Waals surface area (Å²) in [6.07, 6.45) is 7.95. The van der Waals surface area contributed by atoms with Crippen molar-refractivity contribution in [3.8, 4) is 12.3 Å². The summed E-state index contributed by atoms with van der Waals surface area (Å²) in [5, 5.41) is 0.0429. The molecule has 0 spiro atoms. The Morgan fingerprint density at radius 2 is 2.38 bits per heavy atom. The van der Waals surface area contributed by atoms with Gasteiger partial charge in [-0.1, -0.05) is 19.3 Å². The number of H-pyrrole nitrogens is 1. The van der Waals surface area contributed by atoms with Gasteiger partial charge in [-0.25, -0.2) is 13.4 Å². The van der Waals surface area contributed by atoms with Crippen LogP contribution in [0.5, 0.6) is 0 Å². The van der Waals surface area contributed by atoms with Crippen LogP contribution in [0.1, 0.15) is 25.6 Å². The highest BCUT2D eigenvalue weighted by Gasteiger charge is 2.19. The fourth-order valence-electron chi connectivity index (χ4n) is 1.25. The number of nitrogens with one attached hydrogen (secondary N) is 2. The van der Waals surface area contributed by atoms with Crippen LogP contribution in [0.4, 0.5) is 0 Å². The maximum absolute atomic E-state index is 11.8. The zero-order valence-electron chi connectivity index (χ0n) is 9.32. The van der Waals surface area contributed by atoms with Gasteiger partial charge in [-0.2, -0.15) is 4.72 Å². The Hall–Kier alpha value is -1.32. The molecule has 1 heterocycles. The Morgan fingerprint density at radius 3 is 2.81 bits per heavy atom. The predicted molar refractivity (Wildman–Crippen MR) is 61.2 cm³/mol. The van der Waals surface area contributed by atoms with Crippen molar-refractivity contribution >= 4 is 10.0 Å². The average Bonchev–Trinajstić information content (AvgIpc) is 2.64. The van der Waals surface area contributed by atoms with E-state index < -0.39 is 16.1 Å². The van der Waals surface area contributed by atoms with E-state index >= 15 is 0 Å². The van der Waals surface area contributed by atoms with Gasteiger partial charge in [0.15, 0.2) is 5.03 Å². The second-order valence-electron chi connectivity index (χ2n) is 3.46. The maximum atomic E-state index is 11.8. The Kier molecular flexibility index (Phi) is 4.10. The summed E-state index contributed by atoms with van der Waals surface area (Å²) in [5.74, 6) is 2.96. The molecular weight excluding hydrogens is 226 g/mol. The van der Waals surface area contributed by atoms with Crippen LogP contribution in [0, 0.1) is 19.3 Å². The third kappa shape index (κ3) is 3.08. The Bertz CT molecular complexity index is 484. The summed E-state index contributed by atoms with van der Waals surface area (Å²) in [6, 6.07) is -0.474. The van der Waals surface area contributed by atoms with Crippen molar-refractivity contribution in [1.82, 2.24) is 14.7 Å². The Morgan fingerprint density at radius 1 is 1.69 bits per heavy atom. The Labute approximate surface area is 95.7 Å². The van der Waals surface area contributed by atoms with Crippen LogP contribution in [-0.2, 0) is 10.0 Å². The smallest absolute Gasteiger partial charge is 0.258 e. The molecule has 0 bridgehead atoms. The van der Waals surface area contributed by atoms with E-state index in [1.165, 1.54) is 6.20 Å². The fraction of sp³-hybridized carbons (Fsp3) is 0.500. The number of imidazole rings is 1. The highest BCUT2D eigenvalue weighted by atomic mass is 32.2. The molecule has 0 radical (unpaired) electrons. The largest absolute Gasteiger partial charge is 0.332 e. The van der Waals surface area contributed by atoms with Crippen LogP contribution in [0.25, 0.3) is 0 Å². The SMILES string of the molecule is C#CC(CCC)NS(=O)(=O)c1cnc(C)[nH]1. The number of aryl methyl sites for hydroxylation is 1. The summed E-state index contributed by atoms with van der Waals surface area (Å²) >= 11 is 0. The highest BCUT2D eigenvalue weighted by molar-refractivity contribution is 7.89. The molecule has 1 rings (SSSR count). The number of terminal acetylenes is 1. The van der Waals surface area contributed by atoms with Gasteiger partial charge in [0.05, 0.1) is 12.2 Å². The monoisotopic (exact) mass is 241 g/mol. The van der Waals surface area contributed by atoms with Crippen LogP contribution in [0.15, 0.2) is 11.2 Å². The predicted octanol–water partition coefficient (Wildman–Crippen LogP) is 0.798. The number of sulfonamides is 1. The first-order chi connectivity index (χ1) is 7.49. The van der Waals surface area contributed by atoms with E-state index in [1.54, 1.807) is 6.92 Å². The van der Waals surface area contributed by atoms with E-state index in [4.69, 9.17) is 6.42 Å². The molecule has 1 atom stereocenters. The summed E-state index contributed by atoms with van der Waals surface area (Å²) in [4.78, 5) is 6.49. The summed E-state index contributed by atoms with van der Waals surface area (Å²) < 4.78 is 26.1. The molecule has 1 aromatic rings. The van der Waals surface area contributed by atoms with Crippen LogP contribution in [0.3, 0.4) is 0 Å². The third-order valence-electron chi connectivity index (χ3n) is 2.05. The second-order valence-corrected chi connectivity index (χ2v) is 5.14. The molecule has 0 aromatic carbocycles. The number of hydrogen-bond donors (Lipinski definition) is 2. The van der Waals surface area contributed by atoms with Gasteiger partial charge in [0.1, 0.15) is 5.82 Å². The summed E-state index contributed by atoms with van der Waals surface area (Å²) in [5.41, 5.74) is 0. The summed E-state index contributed by atoms with van der Waals surface area (Å²) in [6.45, 7) is 3.63. The van der Waals surface area contributed by atoms with E-state index in [9.17, 15) is 8.42 Å². The molecule has 0 aliphatic rings. The first kappa shape index (κ1) is 12.7. The molecule has 2 N–H and O–H groups in total. The van der Waals surface area contributed by atoms with Crippen LogP contribution < -0.4 is 4.72 Å². The van der Waals surface area contributed by atoms with E-state index in [-0.39, 0.29) is 5.03 Å². The van der Waals surface area contributed by atoms with Crippen molar-refractivity contribution in [3.05, 3.63) is 12.0 Å². The van der Waals surface area contributed by atoms with Crippen molar-refractivity contribution in [2.24, 2.45) is 0 Å². The fourth-order valence-corrected chi connectivity index (χ4v) is 2.41. The molecule has 0 aliphatic heterocycles. The van der Waals surface area contributed by atoms with Crippen LogP contribution >= 0.6 is 0 Å². The number of hydrogen-bond acceptors (Lipinski definition) is 3. The van der Waals surface area contributed by atoms with Crippen LogP contribution in [-0.4, -0.2) is 24.4 Å². The highest BCUT2D eigenvalue weighted by Crippen LogP contribution is 2.07. The minimum Gasteiger partial charge on any atom is -0.332 e. The molecule has 0 saturated heterocycles. The lowest BCUT2D eigenvalue weighted by molar-refractivity contribution is 0.561. The molecular formula is C10H15N3O2S. The lowest BCUT2D eigenvalue weighted by atomic mass is 10.2. The molecule has 5 nitrogen and oxygen atoms in total. The minimum absolute atomic E-state index is 0.0429. The number of nitrogens with zero attached hydrogens (tertiary/aromatic N) is 1. The Balaban J connectivity index is 2.84. The zero-order valence-corrected chi connectivity index (χ0v) is 10.1. The molecule has 0 aliphatic carbocycles. The lowest BCUT2D eigenvalue weighted by Crippen LogP contribution is -2.33. The number of aromatic nitrogens is 2. The summed E-state index contributed by atoms with van der Waals surface area (Å²) in [7, 11) is -3.58. The van der Waals surface area contributed by atoms with Gasteiger partial charge >= 0.3 is 0 Å². The zero-order chi connectivity index (χ0) is 12.2. The standard InChI is InChI=1S/C10H15N3O2S/c1-4-6-9(5-2)13-16(14,15)10-7-11-8(3)12-10/h2,7,9,13H,4,6H2,1,3H3,(H,11,12). The van der Waals surface area contributed by atoms with E-state index in [2.05, 4.69) is 20.6 Å². The number of rotatable bonds is 5. The molecule has 1 unspecified atom stereocenters. The van der Waals surface area contributed by atoms with E-state index in [0.717, 1.165) is 6.42 Å². The minimum atomic E-state index is -3.58. The van der Waals surface area contributed by atoms with E-state index in [1.807, 2.05) is 6.92 Å². The first-order valence-electron chi connectivity index (χ1n) is 4.99. The normalized spacial score (nSPS) is 13.3. The first-order valence-corrected chi connectivity index (χ1v) is 6.48. The molecule has 16 heavy (non-hydrogen) atoms. The van der Waals surface area contributed by atoms with Crippen molar-refractivity contribution < 1.29 is 8.42 Å². The second kappa shape index (κ2) is 5.14. The third-order valence-corrected chi connectivity index (χ3v) is 3.43. The van der Waals surface area contributed by atoms with Gasteiger partial charge in [0, 0.05) is 0 Å². The molecule has 0 saturated carbocycles. The lowest BCUT2D eigenvalue weighted by Gasteiger charge is -2.10. The van der Waals surface area contributed by atoms with Crippen LogP contribution in [0.2, 0.25) is 0 Å².